The molecule has 0 saturated heterocycles. The summed E-state index contributed by atoms with van der Waals surface area (Å²) in [5.41, 5.74) is 1.26. The summed E-state index contributed by atoms with van der Waals surface area (Å²) in [6.07, 6.45) is 3.00. The molecule has 1 aliphatic carbocycles. The van der Waals surface area contributed by atoms with Crippen molar-refractivity contribution in [2.24, 2.45) is 0 Å². The van der Waals surface area contributed by atoms with Crippen molar-refractivity contribution < 1.29 is 19.5 Å². The number of carbonyl (C=O) groups is 3. The van der Waals surface area contributed by atoms with Gasteiger partial charge in [-0.05, 0) is 43.9 Å². The van der Waals surface area contributed by atoms with E-state index < -0.39 is 5.97 Å². The number of halogens is 1. The summed E-state index contributed by atoms with van der Waals surface area (Å²) >= 11 is 5.81. The van der Waals surface area contributed by atoms with Gasteiger partial charge in [0.2, 0.25) is 0 Å². The van der Waals surface area contributed by atoms with Crippen molar-refractivity contribution >= 4 is 35.1 Å². The molecule has 0 aromatic heterocycles. The molecule has 0 bridgehead atoms. The molecule has 1 aromatic rings. The Morgan fingerprint density at radius 3 is 2.19 bits per heavy atom. The van der Waals surface area contributed by atoms with E-state index in [1.54, 1.807) is 0 Å². The van der Waals surface area contributed by atoms with Gasteiger partial charge in [0.1, 0.15) is 0 Å². The van der Waals surface area contributed by atoms with Gasteiger partial charge in [-0.3, -0.25) is 9.59 Å². The fraction of sp³-hybridized carbons (Fsp3) is 0.267. The highest BCUT2D eigenvalue weighted by molar-refractivity contribution is 6.35. The van der Waals surface area contributed by atoms with Crippen LogP contribution in [0.4, 0.5) is 5.69 Å². The minimum atomic E-state index is -1.20. The number of aromatic carboxylic acids is 1. The van der Waals surface area contributed by atoms with Crippen molar-refractivity contribution in [2.75, 3.05) is 4.90 Å². The van der Waals surface area contributed by atoms with Gasteiger partial charge in [-0.1, -0.05) is 11.6 Å². The summed E-state index contributed by atoms with van der Waals surface area (Å²) in [4.78, 5) is 36.9. The van der Waals surface area contributed by atoms with Crippen LogP contribution in [0.15, 0.2) is 29.3 Å². The maximum Gasteiger partial charge on any atom is 0.337 e. The van der Waals surface area contributed by atoms with E-state index in [0.29, 0.717) is 24.0 Å². The second-order valence-electron chi connectivity index (χ2n) is 5.08. The lowest BCUT2D eigenvalue weighted by molar-refractivity contribution is -0.120. The van der Waals surface area contributed by atoms with Crippen molar-refractivity contribution in [3.8, 4) is 0 Å². The van der Waals surface area contributed by atoms with Crippen LogP contribution in [-0.2, 0) is 9.59 Å². The van der Waals surface area contributed by atoms with Crippen molar-refractivity contribution in [2.45, 2.75) is 25.7 Å². The molecule has 0 spiro atoms. The highest BCUT2D eigenvalue weighted by Crippen LogP contribution is 2.36. The number of nitrogens with zero attached hydrogens (tertiary/aromatic N) is 1. The smallest absolute Gasteiger partial charge is 0.337 e. The molecule has 1 aliphatic heterocycles. The van der Waals surface area contributed by atoms with Crippen LogP contribution in [0.3, 0.4) is 0 Å². The van der Waals surface area contributed by atoms with E-state index in [1.807, 2.05) is 0 Å². The number of benzene rings is 1. The van der Waals surface area contributed by atoms with Crippen LogP contribution in [0.1, 0.15) is 36.0 Å². The molecule has 0 unspecified atom stereocenters. The highest BCUT2D eigenvalue weighted by Gasteiger charge is 2.39. The number of imide groups is 1. The monoisotopic (exact) mass is 305 g/mol. The Morgan fingerprint density at radius 1 is 1.10 bits per heavy atom. The predicted octanol–water partition coefficient (Wildman–Crippen LogP) is 2.78. The summed E-state index contributed by atoms with van der Waals surface area (Å²) in [5.74, 6) is -1.87. The first-order valence-electron chi connectivity index (χ1n) is 6.64. The number of hydrogen-bond donors (Lipinski definition) is 1. The number of carbonyl (C=O) groups excluding carboxylic acids is 2. The zero-order chi connectivity index (χ0) is 15.1. The van der Waals surface area contributed by atoms with Crippen molar-refractivity contribution in [1.82, 2.24) is 0 Å². The largest absolute Gasteiger partial charge is 0.478 e. The fourth-order valence-electron chi connectivity index (χ4n) is 2.79. The van der Waals surface area contributed by atoms with Crippen LogP contribution in [-0.4, -0.2) is 22.9 Å². The lowest BCUT2D eigenvalue weighted by Crippen LogP contribution is -2.31. The summed E-state index contributed by atoms with van der Waals surface area (Å²) in [6.45, 7) is 0. The molecule has 2 amide bonds. The fourth-order valence-corrected chi connectivity index (χ4v) is 2.99. The van der Waals surface area contributed by atoms with Crippen LogP contribution < -0.4 is 4.90 Å². The molecule has 0 atom stereocenters. The van der Waals surface area contributed by atoms with Crippen LogP contribution in [0, 0.1) is 0 Å². The van der Waals surface area contributed by atoms with Gasteiger partial charge < -0.3 is 5.11 Å². The van der Waals surface area contributed by atoms with Gasteiger partial charge in [0.25, 0.3) is 11.8 Å². The van der Waals surface area contributed by atoms with Crippen LogP contribution in [0.2, 0.25) is 5.02 Å². The number of anilines is 1. The molecular weight excluding hydrogens is 294 g/mol. The maximum absolute atomic E-state index is 12.4. The Balaban J connectivity index is 2.03. The number of carboxylic acids is 1. The first kappa shape index (κ1) is 13.8. The first-order chi connectivity index (χ1) is 10.0. The van der Waals surface area contributed by atoms with Gasteiger partial charge in [0.15, 0.2) is 0 Å². The molecule has 6 heteroatoms. The molecular formula is C15H12ClNO4. The minimum absolute atomic E-state index is 0.0723. The number of rotatable bonds is 2. The Hall–Kier alpha value is -2.14. The second kappa shape index (κ2) is 5.00. The molecule has 1 aromatic carbocycles. The Morgan fingerprint density at radius 2 is 1.67 bits per heavy atom. The Bertz CT molecular complexity index is 680. The van der Waals surface area contributed by atoms with E-state index in [1.165, 1.54) is 18.2 Å². The standard InChI is InChI=1S/C15H12ClNO4/c16-12-6-5-8(7-11(12)15(20)21)17-13(18)9-3-1-2-4-10(9)14(17)19/h5-7H,1-4H2,(H,20,21). The van der Waals surface area contributed by atoms with Crippen LogP contribution in [0.5, 0.6) is 0 Å². The summed E-state index contributed by atoms with van der Waals surface area (Å²) in [7, 11) is 0. The van der Waals surface area contributed by atoms with E-state index in [9.17, 15) is 14.4 Å². The third-order valence-corrected chi connectivity index (χ3v) is 4.16. The van der Waals surface area contributed by atoms with Gasteiger partial charge in [0.05, 0.1) is 16.3 Å². The van der Waals surface area contributed by atoms with E-state index in [4.69, 9.17) is 16.7 Å². The molecule has 21 heavy (non-hydrogen) atoms. The third kappa shape index (κ3) is 2.14. The predicted molar refractivity (Wildman–Crippen MR) is 76.4 cm³/mol. The zero-order valence-electron chi connectivity index (χ0n) is 11.1. The number of hydrogen-bond acceptors (Lipinski definition) is 3. The lowest BCUT2D eigenvalue weighted by atomic mass is 9.93. The normalized spacial score (nSPS) is 18.2. The van der Waals surface area contributed by atoms with Gasteiger partial charge in [-0.25, -0.2) is 9.69 Å². The maximum atomic E-state index is 12.4. The second-order valence-corrected chi connectivity index (χ2v) is 5.49. The van der Waals surface area contributed by atoms with Gasteiger partial charge >= 0.3 is 5.97 Å². The quantitative estimate of drug-likeness (QED) is 0.853. The van der Waals surface area contributed by atoms with Crippen molar-refractivity contribution in [1.29, 1.82) is 0 Å². The van der Waals surface area contributed by atoms with Crippen molar-refractivity contribution in [3.05, 3.63) is 39.9 Å². The summed E-state index contributed by atoms with van der Waals surface area (Å²) < 4.78 is 0. The zero-order valence-corrected chi connectivity index (χ0v) is 11.8. The Kier molecular flexibility index (Phi) is 3.29. The SMILES string of the molecule is O=C(O)c1cc(N2C(=O)C3=C(CCCC3)C2=O)ccc1Cl. The highest BCUT2D eigenvalue weighted by atomic mass is 35.5. The topological polar surface area (TPSA) is 74.7 Å². The molecule has 0 saturated carbocycles. The minimum Gasteiger partial charge on any atom is -0.478 e. The van der Waals surface area contributed by atoms with E-state index in [0.717, 1.165) is 17.7 Å². The van der Waals surface area contributed by atoms with E-state index in [2.05, 4.69) is 0 Å². The molecule has 1 heterocycles. The van der Waals surface area contributed by atoms with Gasteiger partial charge in [-0.15, -0.1) is 0 Å². The first-order valence-corrected chi connectivity index (χ1v) is 7.02. The molecule has 0 fully saturated rings. The van der Waals surface area contributed by atoms with Crippen molar-refractivity contribution in [3.63, 3.8) is 0 Å². The summed E-state index contributed by atoms with van der Waals surface area (Å²) in [6, 6.07) is 4.14. The van der Waals surface area contributed by atoms with Gasteiger partial charge in [0, 0.05) is 11.1 Å². The lowest BCUT2D eigenvalue weighted by Gasteiger charge is -2.16. The van der Waals surface area contributed by atoms with Gasteiger partial charge in [-0.2, -0.15) is 0 Å². The molecule has 0 radical (unpaired) electrons. The number of carboxylic acid groups (broad SMARTS) is 1. The summed E-state index contributed by atoms with van der Waals surface area (Å²) in [5, 5.41) is 9.16. The third-order valence-electron chi connectivity index (χ3n) is 3.83. The van der Waals surface area contributed by atoms with Crippen LogP contribution in [0.25, 0.3) is 0 Å². The average Bonchev–Trinajstić information content (AvgIpc) is 2.72. The molecule has 2 aliphatic rings. The van der Waals surface area contributed by atoms with E-state index >= 15 is 0 Å². The number of amides is 2. The Labute approximate surface area is 125 Å². The molecule has 5 nitrogen and oxygen atoms in total. The van der Waals surface area contributed by atoms with E-state index in [-0.39, 0.29) is 28.1 Å². The van der Waals surface area contributed by atoms with Crippen LogP contribution >= 0.6 is 11.6 Å². The molecule has 3 rings (SSSR count). The average molecular weight is 306 g/mol. The molecule has 108 valence electrons. The molecule has 1 N–H and O–H groups in total.